The molecule has 0 unspecified atom stereocenters. The molecule has 3 aromatic rings. The lowest BCUT2D eigenvalue weighted by Gasteiger charge is -2.29. The van der Waals surface area contributed by atoms with Crippen molar-refractivity contribution in [3.05, 3.63) is 76.6 Å². The lowest BCUT2D eigenvalue weighted by atomic mass is 10.0. The molecule has 9 nitrogen and oxygen atoms in total. The molecule has 2 aliphatic rings. The molecule has 0 saturated carbocycles. The van der Waals surface area contributed by atoms with Crippen LogP contribution in [-0.4, -0.2) is 59.0 Å². The number of H-pyrrole nitrogens is 1. The van der Waals surface area contributed by atoms with Gasteiger partial charge in [-0.1, -0.05) is 12.1 Å². The van der Waals surface area contributed by atoms with Crippen LogP contribution in [-0.2, 0) is 30.4 Å². The summed E-state index contributed by atoms with van der Waals surface area (Å²) >= 11 is 0. The van der Waals surface area contributed by atoms with E-state index in [2.05, 4.69) is 31.2 Å². The smallest absolute Gasteiger partial charge is 0.347 e. The number of Topliss-reactive ketones (excluding diaryl/α,β-unsaturated/α-hetero) is 1. The Kier molecular flexibility index (Phi) is 8.04. The molecule has 0 radical (unpaired) electrons. The fraction of sp³-hybridized carbons (Fsp3) is 0.345. The van der Waals surface area contributed by atoms with Gasteiger partial charge in [0.1, 0.15) is 11.8 Å². The molecule has 2 N–H and O–H groups in total. The molecular weight excluding hydrogens is 503 g/mol. The van der Waals surface area contributed by atoms with Crippen molar-refractivity contribution in [1.29, 1.82) is 0 Å². The van der Waals surface area contributed by atoms with E-state index in [0.717, 1.165) is 42.6 Å². The number of pyridine rings is 1. The highest BCUT2D eigenvalue weighted by molar-refractivity contribution is 6.26. The number of esters is 1. The zero-order valence-corrected chi connectivity index (χ0v) is 22.0. The van der Waals surface area contributed by atoms with E-state index in [1.165, 1.54) is 0 Å². The van der Waals surface area contributed by atoms with Crippen LogP contribution in [0.2, 0.25) is 0 Å². The number of nitrogens with zero attached hydrogens (tertiary/aromatic N) is 2. The number of hydrogen-bond acceptors (Lipinski definition) is 8. The number of ketones is 1. The molecule has 0 amide bonds. The average Bonchev–Trinajstić information content (AvgIpc) is 3.49. The SMILES string of the molecule is CCOC(=O)C1=C(Nc2ccc(CCN3CCC(OF)CC3)cc2C)O/C(=C\c2c[nH]c3ncccc23)C1=O. The first-order valence-electron chi connectivity index (χ1n) is 13.1. The molecule has 4 heterocycles. The number of aryl methyl sites for hydroxylation is 1. The number of benzene rings is 1. The van der Waals surface area contributed by atoms with Crippen molar-refractivity contribution >= 4 is 34.5 Å². The van der Waals surface area contributed by atoms with E-state index in [0.29, 0.717) is 29.7 Å². The van der Waals surface area contributed by atoms with Crippen molar-refractivity contribution in [3.8, 4) is 0 Å². The van der Waals surface area contributed by atoms with Gasteiger partial charge in [0.05, 0.1) is 6.61 Å². The number of likely N-dealkylation sites (tertiary alicyclic amines) is 1. The largest absolute Gasteiger partial charge is 0.462 e. The molecule has 0 spiro atoms. The number of ether oxygens (including phenoxy) is 2. The van der Waals surface area contributed by atoms with Gasteiger partial charge in [0.2, 0.25) is 11.7 Å². The van der Waals surface area contributed by atoms with Gasteiger partial charge in [-0.2, -0.15) is 4.94 Å². The van der Waals surface area contributed by atoms with E-state index >= 15 is 0 Å². The fourth-order valence-electron chi connectivity index (χ4n) is 4.90. The first-order valence-corrected chi connectivity index (χ1v) is 13.1. The van der Waals surface area contributed by atoms with Gasteiger partial charge in [-0.15, -0.1) is 0 Å². The van der Waals surface area contributed by atoms with Gasteiger partial charge < -0.3 is 24.7 Å². The molecule has 10 heteroatoms. The molecule has 1 fully saturated rings. The number of piperidine rings is 1. The van der Waals surface area contributed by atoms with Crippen molar-refractivity contribution in [2.45, 2.75) is 39.2 Å². The predicted octanol–water partition coefficient (Wildman–Crippen LogP) is 4.61. The van der Waals surface area contributed by atoms with E-state index in [9.17, 15) is 14.1 Å². The normalized spacial score (nSPS) is 17.7. The van der Waals surface area contributed by atoms with Crippen LogP contribution in [0, 0.1) is 6.92 Å². The van der Waals surface area contributed by atoms with Crippen LogP contribution in [0.1, 0.15) is 36.5 Å². The summed E-state index contributed by atoms with van der Waals surface area (Å²) in [7, 11) is 0. The van der Waals surface area contributed by atoms with Crippen molar-refractivity contribution in [2.24, 2.45) is 0 Å². The van der Waals surface area contributed by atoms with Crippen molar-refractivity contribution in [3.63, 3.8) is 0 Å². The number of rotatable bonds is 9. The van der Waals surface area contributed by atoms with E-state index in [1.54, 1.807) is 31.5 Å². The second kappa shape index (κ2) is 11.8. The third-order valence-corrected chi connectivity index (χ3v) is 7.06. The number of halogens is 1. The second-order valence-corrected chi connectivity index (χ2v) is 9.66. The van der Waals surface area contributed by atoms with E-state index in [-0.39, 0.29) is 29.9 Å². The summed E-state index contributed by atoms with van der Waals surface area (Å²) in [5.74, 6) is -1.24. The average molecular weight is 535 g/mol. The number of carbonyl (C=O) groups excluding carboxylic acids is 2. The number of allylic oxidation sites excluding steroid dienone is 1. The minimum atomic E-state index is -0.745. The topological polar surface area (TPSA) is 106 Å². The van der Waals surface area contributed by atoms with E-state index < -0.39 is 11.8 Å². The van der Waals surface area contributed by atoms with Crippen molar-refractivity contribution in [2.75, 3.05) is 31.6 Å². The molecular formula is C29H31FN4O5. The third kappa shape index (κ3) is 5.86. The maximum Gasteiger partial charge on any atom is 0.347 e. The van der Waals surface area contributed by atoms with E-state index in [1.807, 2.05) is 25.1 Å². The van der Waals surface area contributed by atoms with Gasteiger partial charge >= 0.3 is 5.97 Å². The highest BCUT2D eigenvalue weighted by Gasteiger charge is 2.37. The highest BCUT2D eigenvalue weighted by atomic mass is 19.3. The molecule has 39 heavy (non-hydrogen) atoms. The number of hydrogen-bond donors (Lipinski definition) is 2. The quantitative estimate of drug-likeness (QED) is 0.233. The summed E-state index contributed by atoms with van der Waals surface area (Å²) in [5.41, 5.74) is 4.02. The molecule has 1 saturated heterocycles. The summed E-state index contributed by atoms with van der Waals surface area (Å²) in [6, 6.07) is 9.67. The monoisotopic (exact) mass is 534 g/mol. The Morgan fingerprint density at radius 2 is 2.13 bits per heavy atom. The minimum Gasteiger partial charge on any atom is -0.462 e. The van der Waals surface area contributed by atoms with Crippen LogP contribution in [0.5, 0.6) is 0 Å². The molecule has 0 bridgehead atoms. The highest BCUT2D eigenvalue weighted by Crippen LogP contribution is 2.31. The van der Waals surface area contributed by atoms with Crippen LogP contribution >= 0.6 is 0 Å². The fourth-order valence-corrected chi connectivity index (χ4v) is 4.90. The molecule has 2 aliphatic heterocycles. The van der Waals surface area contributed by atoms with Gasteiger partial charge in [-0.25, -0.2) is 9.78 Å². The second-order valence-electron chi connectivity index (χ2n) is 9.66. The van der Waals surface area contributed by atoms with Gasteiger partial charge in [-0.3, -0.25) is 4.79 Å². The molecule has 204 valence electrons. The zero-order valence-electron chi connectivity index (χ0n) is 22.0. The Balaban J connectivity index is 1.32. The number of aromatic amines is 1. The molecule has 1 aromatic carbocycles. The Morgan fingerprint density at radius 3 is 2.87 bits per heavy atom. The summed E-state index contributed by atoms with van der Waals surface area (Å²) in [6.07, 6.45) is 6.95. The first-order chi connectivity index (χ1) is 19.0. The summed E-state index contributed by atoms with van der Waals surface area (Å²) in [5, 5.41) is 3.96. The summed E-state index contributed by atoms with van der Waals surface area (Å²) in [6.45, 7) is 6.26. The van der Waals surface area contributed by atoms with Gasteiger partial charge in [0.25, 0.3) is 0 Å². The molecule has 0 atom stereocenters. The molecule has 0 aliphatic carbocycles. The van der Waals surface area contributed by atoms with Crippen LogP contribution in [0.25, 0.3) is 17.1 Å². The molecule has 5 rings (SSSR count). The third-order valence-electron chi connectivity index (χ3n) is 7.06. The minimum absolute atomic E-state index is 0.0153. The van der Waals surface area contributed by atoms with E-state index in [4.69, 9.17) is 9.47 Å². The van der Waals surface area contributed by atoms with Crippen molar-refractivity contribution in [1.82, 2.24) is 14.9 Å². The Labute approximate surface area is 225 Å². The Bertz CT molecular complexity index is 1440. The number of carbonyl (C=O) groups is 2. The Morgan fingerprint density at radius 1 is 1.31 bits per heavy atom. The van der Waals surface area contributed by atoms with Crippen LogP contribution in [0.15, 0.2) is 59.9 Å². The lowest BCUT2D eigenvalue weighted by Crippen LogP contribution is -2.37. The zero-order chi connectivity index (χ0) is 27.4. The maximum atomic E-state index is 13.2. The van der Waals surface area contributed by atoms with Crippen molar-refractivity contribution < 1.29 is 28.5 Å². The summed E-state index contributed by atoms with van der Waals surface area (Å²) in [4.78, 5) is 39.6. The van der Waals surface area contributed by atoms with Crippen LogP contribution < -0.4 is 5.32 Å². The lowest BCUT2D eigenvalue weighted by molar-refractivity contribution is -0.190. The van der Waals surface area contributed by atoms with Gasteiger partial charge in [-0.05, 0) is 73.0 Å². The number of nitrogens with one attached hydrogen (secondary N) is 2. The summed E-state index contributed by atoms with van der Waals surface area (Å²) < 4.78 is 23.5. The number of aromatic nitrogens is 2. The number of fused-ring (bicyclic) bond motifs is 1. The van der Waals surface area contributed by atoms with Crippen LogP contribution in [0.3, 0.4) is 0 Å². The predicted molar refractivity (Wildman–Crippen MR) is 144 cm³/mol. The van der Waals surface area contributed by atoms with Crippen LogP contribution in [0.4, 0.5) is 10.2 Å². The van der Waals surface area contributed by atoms with Gasteiger partial charge in [0, 0.05) is 48.7 Å². The number of anilines is 1. The maximum absolute atomic E-state index is 13.2. The van der Waals surface area contributed by atoms with Gasteiger partial charge in [0.15, 0.2) is 11.3 Å². The first kappa shape index (κ1) is 26.6. The Hall–Kier alpha value is -4.02. The molecule has 2 aromatic heterocycles. The standard InChI is InChI=1S/C29H31FN4O5/c1-3-37-29(36)25-26(35)24(16-20-17-32-27-22(20)5-4-11-31-27)38-28(25)33-23-7-6-19(15-18(23)2)8-12-34-13-9-21(39-30)10-14-34/h4-7,11,15-17,21,33H,3,8-10,12-14H2,1-2H3,(H,31,32)/b24-16-.